The Labute approximate surface area is 88.0 Å². The molecule has 0 saturated heterocycles. The molecule has 2 nitrogen and oxygen atoms in total. The average molecular weight is 237 g/mol. The zero-order valence-corrected chi connectivity index (χ0v) is 8.86. The monoisotopic (exact) mass is 237 g/mol. The minimum Gasteiger partial charge on any atom is -0.260 e. The summed E-state index contributed by atoms with van der Waals surface area (Å²) in [5, 5.41) is 0. The van der Waals surface area contributed by atoms with Crippen molar-refractivity contribution >= 4 is 10.8 Å². The predicted octanol–water partition coefficient (Wildman–Crippen LogP) is 2.02. The second kappa shape index (κ2) is 4.74. The molecule has 0 amide bonds. The van der Waals surface area contributed by atoms with Crippen LogP contribution in [0.2, 0.25) is 0 Å². The lowest BCUT2D eigenvalue weighted by Gasteiger charge is -2.05. The molecular weight excluding hydrogens is 227 g/mol. The summed E-state index contributed by atoms with van der Waals surface area (Å²) in [5.74, 6) is 0.438. The zero-order chi connectivity index (χ0) is 11.5. The highest BCUT2D eigenvalue weighted by Crippen LogP contribution is 2.27. The third-order valence-electron chi connectivity index (χ3n) is 1.79. The highest BCUT2D eigenvalue weighted by Gasteiger charge is 2.31. The third kappa shape index (κ3) is 3.99. The highest BCUT2D eigenvalue weighted by atomic mass is 32.2. The number of nitrogens with zero attached hydrogens (tertiary/aromatic N) is 1. The van der Waals surface area contributed by atoms with Crippen LogP contribution in [0.25, 0.3) is 0 Å². The first-order valence-electron chi connectivity index (χ1n) is 4.22. The van der Waals surface area contributed by atoms with Crippen molar-refractivity contribution < 1.29 is 17.4 Å². The van der Waals surface area contributed by atoms with Crippen molar-refractivity contribution in [2.75, 3.05) is 12.0 Å². The molecule has 0 fully saturated rings. The summed E-state index contributed by atoms with van der Waals surface area (Å²) in [5.41, 5.74) is -0.234. The van der Waals surface area contributed by atoms with Gasteiger partial charge in [-0.25, -0.2) is 0 Å². The molecule has 1 heterocycles. The van der Waals surface area contributed by atoms with E-state index in [2.05, 4.69) is 4.98 Å². The number of rotatable bonds is 3. The van der Waals surface area contributed by atoms with Gasteiger partial charge in [0, 0.05) is 29.0 Å². The Morgan fingerprint density at radius 3 is 2.47 bits per heavy atom. The lowest BCUT2D eigenvalue weighted by atomic mass is 10.2. The molecule has 1 aromatic rings. The highest BCUT2D eigenvalue weighted by molar-refractivity contribution is 7.84. The van der Waals surface area contributed by atoms with Crippen LogP contribution in [0.15, 0.2) is 18.3 Å². The van der Waals surface area contributed by atoms with Gasteiger partial charge in [-0.2, -0.15) is 13.2 Å². The molecule has 84 valence electrons. The maximum Gasteiger partial charge on any atom is 0.433 e. The molecular formula is C9H10F3NOS. The van der Waals surface area contributed by atoms with E-state index in [9.17, 15) is 17.4 Å². The molecule has 0 radical (unpaired) electrons. The van der Waals surface area contributed by atoms with E-state index in [1.807, 2.05) is 0 Å². The number of halogens is 3. The smallest absolute Gasteiger partial charge is 0.260 e. The average Bonchev–Trinajstić information content (AvgIpc) is 2.14. The minimum absolute atomic E-state index is 0.438. The SMILES string of the molecule is CS(=O)CCc1ccc(C(F)(F)F)nc1. The summed E-state index contributed by atoms with van der Waals surface area (Å²) in [6.07, 6.45) is -1.19. The van der Waals surface area contributed by atoms with E-state index in [0.29, 0.717) is 17.7 Å². The van der Waals surface area contributed by atoms with Crippen LogP contribution in [0, 0.1) is 0 Å². The van der Waals surface area contributed by atoms with E-state index in [0.717, 1.165) is 6.07 Å². The first-order valence-corrected chi connectivity index (χ1v) is 5.94. The molecule has 1 aromatic heterocycles. The van der Waals surface area contributed by atoms with Crippen molar-refractivity contribution in [2.45, 2.75) is 12.6 Å². The first-order chi connectivity index (χ1) is 6.89. The largest absolute Gasteiger partial charge is 0.433 e. The number of aromatic nitrogens is 1. The first kappa shape index (κ1) is 12.2. The van der Waals surface area contributed by atoms with E-state index in [1.165, 1.54) is 12.3 Å². The van der Waals surface area contributed by atoms with Crippen LogP contribution in [-0.4, -0.2) is 21.2 Å². The quantitative estimate of drug-likeness (QED) is 0.805. The predicted molar refractivity (Wildman–Crippen MR) is 51.9 cm³/mol. The summed E-state index contributed by atoms with van der Waals surface area (Å²) >= 11 is 0. The van der Waals surface area contributed by atoms with Crippen LogP contribution in [0.5, 0.6) is 0 Å². The Morgan fingerprint density at radius 2 is 2.07 bits per heavy atom. The topological polar surface area (TPSA) is 30.0 Å². The van der Waals surface area contributed by atoms with Gasteiger partial charge in [0.15, 0.2) is 0 Å². The molecule has 0 bridgehead atoms. The minimum atomic E-state index is -4.40. The van der Waals surface area contributed by atoms with E-state index in [1.54, 1.807) is 6.26 Å². The Hall–Kier alpha value is -0.910. The van der Waals surface area contributed by atoms with Gasteiger partial charge in [-0.05, 0) is 18.1 Å². The molecule has 15 heavy (non-hydrogen) atoms. The van der Waals surface area contributed by atoms with Crippen molar-refractivity contribution in [1.29, 1.82) is 0 Å². The summed E-state index contributed by atoms with van der Waals surface area (Å²) in [7, 11) is -0.938. The van der Waals surface area contributed by atoms with Gasteiger partial charge in [-0.1, -0.05) is 6.07 Å². The van der Waals surface area contributed by atoms with E-state index >= 15 is 0 Å². The van der Waals surface area contributed by atoms with Gasteiger partial charge in [-0.15, -0.1) is 0 Å². The maximum absolute atomic E-state index is 12.1. The Bertz CT molecular complexity index is 347. The van der Waals surface area contributed by atoms with Gasteiger partial charge in [0.05, 0.1) is 0 Å². The van der Waals surface area contributed by atoms with Gasteiger partial charge < -0.3 is 0 Å². The molecule has 0 saturated carbocycles. The van der Waals surface area contributed by atoms with Gasteiger partial charge in [0.1, 0.15) is 5.69 Å². The number of hydrogen-bond donors (Lipinski definition) is 0. The van der Waals surface area contributed by atoms with E-state index < -0.39 is 22.7 Å². The molecule has 0 aliphatic rings. The van der Waals surface area contributed by atoms with E-state index in [-0.39, 0.29) is 0 Å². The van der Waals surface area contributed by atoms with Crippen LogP contribution in [0.4, 0.5) is 13.2 Å². The van der Waals surface area contributed by atoms with Gasteiger partial charge in [0.2, 0.25) is 0 Å². The van der Waals surface area contributed by atoms with Crippen molar-refractivity contribution in [2.24, 2.45) is 0 Å². The zero-order valence-electron chi connectivity index (χ0n) is 8.04. The fourth-order valence-electron chi connectivity index (χ4n) is 1.00. The fourth-order valence-corrected chi connectivity index (χ4v) is 1.52. The molecule has 0 aliphatic heterocycles. The van der Waals surface area contributed by atoms with Gasteiger partial charge in [-0.3, -0.25) is 9.19 Å². The van der Waals surface area contributed by atoms with E-state index in [4.69, 9.17) is 0 Å². The molecule has 0 aromatic carbocycles. The molecule has 0 N–H and O–H groups in total. The van der Waals surface area contributed by atoms with Crippen LogP contribution < -0.4 is 0 Å². The molecule has 1 rings (SSSR count). The third-order valence-corrected chi connectivity index (χ3v) is 2.57. The summed E-state index contributed by atoms with van der Waals surface area (Å²) < 4.78 is 47.1. The Balaban J connectivity index is 2.69. The fraction of sp³-hybridized carbons (Fsp3) is 0.444. The standard InChI is InChI=1S/C9H10F3NOS/c1-15(14)5-4-7-2-3-8(13-6-7)9(10,11)12/h2-3,6H,4-5H2,1H3. The van der Waals surface area contributed by atoms with Crippen molar-refractivity contribution in [3.05, 3.63) is 29.6 Å². The maximum atomic E-state index is 12.1. The summed E-state index contributed by atoms with van der Waals surface area (Å²) in [6, 6.07) is 2.30. The Morgan fingerprint density at radius 1 is 1.40 bits per heavy atom. The van der Waals surface area contributed by atoms with Crippen molar-refractivity contribution in [3.8, 4) is 0 Å². The number of alkyl halides is 3. The lowest BCUT2D eigenvalue weighted by Crippen LogP contribution is -2.08. The van der Waals surface area contributed by atoms with Crippen LogP contribution in [0.1, 0.15) is 11.3 Å². The van der Waals surface area contributed by atoms with Crippen LogP contribution >= 0.6 is 0 Å². The number of hydrogen-bond acceptors (Lipinski definition) is 2. The Kier molecular flexibility index (Phi) is 3.84. The second-order valence-corrected chi connectivity index (χ2v) is 4.63. The van der Waals surface area contributed by atoms with Crippen LogP contribution in [-0.2, 0) is 23.4 Å². The van der Waals surface area contributed by atoms with Gasteiger partial charge >= 0.3 is 6.18 Å². The lowest BCUT2D eigenvalue weighted by molar-refractivity contribution is -0.141. The van der Waals surface area contributed by atoms with Gasteiger partial charge in [0.25, 0.3) is 0 Å². The second-order valence-electron chi connectivity index (χ2n) is 3.08. The molecule has 6 heteroatoms. The van der Waals surface area contributed by atoms with Crippen molar-refractivity contribution in [3.63, 3.8) is 0 Å². The molecule has 0 spiro atoms. The van der Waals surface area contributed by atoms with Crippen molar-refractivity contribution in [1.82, 2.24) is 4.98 Å². The molecule has 1 atom stereocenters. The van der Waals surface area contributed by atoms with Crippen LogP contribution in [0.3, 0.4) is 0 Å². The molecule has 1 unspecified atom stereocenters. The number of pyridine rings is 1. The summed E-state index contributed by atoms with van der Waals surface area (Å²) in [4.78, 5) is 3.30. The normalized spacial score (nSPS) is 13.9. The number of aryl methyl sites for hydroxylation is 1. The summed E-state index contributed by atoms with van der Waals surface area (Å²) in [6.45, 7) is 0. The molecule has 0 aliphatic carbocycles.